The van der Waals surface area contributed by atoms with Gasteiger partial charge in [0.15, 0.2) is 5.11 Å². The minimum atomic E-state index is -0.0700. The standard InChI is InChI=1S/C23H29Cl2N5OS/c1-16-6-10-30(11-7-16)20-14-19(25)27-21(28-20)29-22(32)26-15-23(8-12-31-13-9-23)17-2-4-18(24)5-3-17/h2-5,14,16H,6-13,15H2,1H3,(H2,26,27,28,29,32). The van der Waals surface area contributed by atoms with Gasteiger partial charge in [-0.15, -0.1) is 0 Å². The lowest BCUT2D eigenvalue weighted by Crippen LogP contribution is -2.45. The summed E-state index contributed by atoms with van der Waals surface area (Å²) in [7, 11) is 0. The number of hydrogen-bond donors (Lipinski definition) is 2. The van der Waals surface area contributed by atoms with Crippen LogP contribution in [0.3, 0.4) is 0 Å². The van der Waals surface area contributed by atoms with E-state index in [0.29, 0.717) is 22.8 Å². The lowest BCUT2D eigenvalue weighted by Gasteiger charge is -2.38. The zero-order chi connectivity index (χ0) is 22.6. The number of anilines is 2. The van der Waals surface area contributed by atoms with Gasteiger partial charge in [-0.1, -0.05) is 42.3 Å². The van der Waals surface area contributed by atoms with E-state index in [1.54, 1.807) is 0 Å². The van der Waals surface area contributed by atoms with Gasteiger partial charge in [-0.25, -0.2) is 4.98 Å². The molecule has 0 atom stereocenters. The second kappa shape index (κ2) is 10.5. The van der Waals surface area contributed by atoms with E-state index in [0.717, 1.165) is 68.7 Å². The van der Waals surface area contributed by atoms with Crippen molar-refractivity contribution in [3.05, 3.63) is 46.1 Å². The van der Waals surface area contributed by atoms with Gasteiger partial charge >= 0.3 is 0 Å². The Bertz CT molecular complexity index is 928. The van der Waals surface area contributed by atoms with E-state index in [9.17, 15) is 0 Å². The molecule has 2 saturated heterocycles. The lowest BCUT2D eigenvalue weighted by atomic mass is 9.74. The second-order valence-corrected chi connectivity index (χ2v) is 9.98. The molecular formula is C23H29Cl2N5OS. The zero-order valence-corrected chi connectivity index (χ0v) is 20.6. The van der Waals surface area contributed by atoms with Crippen LogP contribution < -0.4 is 15.5 Å². The van der Waals surface area contributed by atoms with Gasteiger partial charge in [0.2, 0.25) is 5.95 Å². The van der Waals surface area contributed by atoms with Crippen molar-refractivity contribution >= 4 is 52.3 Å². The quantitative estimate of drug-likeness (QED) is 0.445. The Morgan fingerprint density at radius 1 is 1.16 bits per heavy atom. The predicted octanol–water partition coefficient (Wildman–Crippen LogP) is 5.05. The molecule has 2 fully saturated rings. The van der Waals surface area contributed by atoms with Crippen LogP contribution in [-0.2, 0) is 10.2 Å². The molecule has 0 radical (unpaired) electrons. The van der Waals surface area contributed by atoms with E-state index < -0.39 is 0 Å². The van der Waals surface area contributed by atoms with Gasteiger partial charge in [-0.3, -0.25) is 0 Å². The van der Waals surface area contributed by atoms with Crippen molar-refractivity contribution in [3.8, 4) is 0 Å². The molecule has 0 saturated carbocycles. The summed E-state index contributed by atoms with van der Waals surface area (Å²) in [6.07, 6.45) is 4.13. The summed E-state index contributed by atoms with van der Waals surface area (Å²) < 4.78 is 5.62. The van der Waals surface area contributed by atoms with Gasteiger partial charge in [0.1, 0.15) is 11.0 Å². The minimum absolute atomic E-state index is 0.0700. The molecule has 3 heterocycles. The Morgan fingerprint density at radius 3 is 2.53 bits per heavy atom. The van der Waals surface area contributed by atoms with Crippen molar-refractivity contribution in [1.29, 1.82) is 0 Å². The van der Waals surface area contributed by atoms with E-state index in [2.05, 4.69) is 44.6 Å². The third-order valence-electron chi connectivity index (χ3n) is 6.51. The van der Waals surface area contributed by atoms with Crippen LogP contribution in [0, 0.1) is 5.92 Å². The first-order valence-corrected chi connectivity index (χ1v) is 12.3. The molecule has 0 aliphatic carbocycles. The summed E-state index contributed by atoms with van der Waals surface area (Å²) in [5.41, 5.74) is 1.17. The molecule has 0 amide bonds. The second-order valence-electron chi connectivity index (χ2n) is 8.75. The van der Waals surface area contributed by atoms with Crippen LogP contribution in [0.2, 0.25) is 10.2 Å². The molecular weight excluding hydrogens is 465 g/mol. The molecule has 4 rings (SSSR count). The Kier molecular flexibility index (Phi) is 7.71. The average molecular weight is 494 g/mol. The van der Waals surface area contributed by atoms with E-state index in [1.165, 1.54) is 5.56 Å². The fraction of sp³-hybridized carbons (Fsp3) is 0.522. The minimum Gasteiger partial charge on any atom is -0.381 e. The van der Waals surface area contributed by atoms with Crippen molar-refractivity contribution in [2.45, 2.75) is 38.0 Å². The molecule has 0 spiro atoms. The number of piperidine rings is 1. The number of benzene rings is 1. The van der Waals surface area contributed by atoms with Crippen molar-refractivity contribution in [1.82, 2.24) is 15.3 Å². The van der Waals surface area contributed by atoms with Gasteiger partial charge < -0.3 is 20.3 Å². The normalized spacial score (nSPS) is 18.9. The average Bonchev–Trinajstić information content (AvgIpc) is 2.79. The van der Waals surface area contributed by atoms with Crippen LogP contribution in [0.5, 0.6) is 0 Å². The molecule has 2 aliphatic heterocycles. The van der Waals surface area contributed by atoms with E-state index >= 15 is 0 Å². The highest BCUT2D eigenvalue weighted by Gasteiger charge is 2.34. The molecule has 0 bridgehead atoms. The summed E-state index contributed by atoms with van der Waals surface area (Å²) in [6.45, 7) is 6.36. The van der Waals surface area contributed by atoms with Crippen LogP contribution in [0.4, 0.5) is 11.8 Å². The molecule has 172 valence electrons. The van der Waals surface area contributed by atoms with Crippen molar-refractivity contribution in [2.24, 2.45) is 5.92 Å². The highest BCUT2D eigenvalue weighted by molar-refractivity contribution is 7.80. The van der Waals surface area contributed by atoms with Crippen LogP contribution in [0.15, 0.2) is 30.3 Å². The number of rotatable bonds is 5. The number of thiocarbonyl (C=S) groups is 1. The van der Waals surface area contributed by atoms with Gasteiger partial charge in [0, 0.05) is 49.4 Å². The highest BCUT2D eigenvalue weighted by Crippen LogP contribution is 2.35. The number of halogens is 2. The van der Waals surface area contributed by atoms with Crippen LogP contribution in [0.25, 0.3) is 0 Å². The summed E-state index contributed by atoms with van der Waals surface area (Å²) >= 11 is 18.0. The number of ether oxygens (including phenoxy) is 1. The molecule has 32 heavy (non-hydrogen) atoms. The number of nitrogens with one attached hydrogen (secondary N) is 2. The van der Waals surface area contributed by atoms with Crippen molar-refractivity contribution in [3.63, 3.8) is 0 Å². The molecule has 2 N–H and O–H groups in total. The van der Waals surface area contributed by atoms with E-state index in [4.69, 9.17) is 40.2 Å². The van der Waals surface area contributed by atoms with Gasteiger partial charge in [-0.05, 0) is 61.5 Å². The number of nitrogens with zero attached hydrogens (tertiary/aromatic N) is 3. The third kappa shape index (κ3) is 5.81. The predicted molar refractivity (Wildman–Crippen MR) is 135 cm³/mol. The van der Waals surface area contributed by atoms with E-state index in [1.807, 2.05) is 18.2 Å². The highest BCUT2D eigenvalue weighted by atomic mass is 35.5. The fourth-order valence-corrected chi connectivity index (χ4v) is 4.86. The third-order valence-corrected chi connectivity index (χ3v) is 7.20. The van der Waals surface area contributed by atoms with Crippen molar-refractivity contribution < 1.29 is 4.74 Å². The Morgan fingerprint density at radius 2 is 1.84 bits per heavy atom. The summed E-state index contributed by atoms with van der Waals surface area (Å²) in [4.78, 5) is 11.2. The first-order chi connectivity index (χ1) is 15.4. The molecule has 1 aromatic carbocycles. The smallest absolute Gasteiger partial charge is 0.232 e. The first kappa shape index (κ1) is 23.5. The monoisotopic (exact) mass is 493 g/mol. The molecule has 2 aromatic rings. The fourth-order valence-electron chi connectivity index (χ4n) is 4.39. The zero-order valence-electron chi connectivity index (χ0n) is 18.2. The van der Waals surface area contributed by atoms with Crippen LogP contribution in [-0.4, -0.2) is 47.9 Å². The van der Waals surface area contributed by atoms with Gasteiger partial charge in [0.25, 0.3) is 0 Å². The molecule has 6 nitrogen and oxygen atoms in total. The summed E-state index contributed by atoms with van der Waals surface area (Å²) in [5, 5.41) is 8.11. The Hall–Kier alpha value is -1.67. The van der Waals surface area contributed by atoms with Gasteiger partial charge in [-0.2, -0.15) is 4.98 Å². The SMILES string of the molecule is CC1CCN(c2cc(Cl)nc(NC(=S)NCC3(c4ccc(Cl)cc4)CCOCC3)n2)CC1. The summed E-state index contributed by atoms with van der Waals surface area (Å²) in [6, 6.07) is 9.88. The van der Waals surface area contributed by atoms with E-state index in [-0.39, 0.29) is 5.41 Å². The maximum Gasteiger partial charge on any atom is 0.232 e. The Balaban J connectivity index is 1.42. The molecule has 1 aromatic heterocycles. The molecule has 9 heteroatoms. The molecule has 2 aliphatic rings. The number of aromatic nitrogens is 2. The lowest BCUT2D eigenvalue weighted by molar-refractivity contribution is 0.0515. The Labute approximate surface area is 205 Å². The largest absolute Gasteiger partial charge is 0.381 e. The first-order valence-electron chi connectivity index (χ1n) is 11.1. The van der Waals surface area contributed by atoms with Crippen molar-refractivity contribution in [2.75, 3.05) is 43.1 Å². The maximum atomic E-state index is 6.29. The maximum absolute atomic E-state index is 6.29. The summed E-state index contributed by atoms with van der Waals surface area (Å²) in [5.74, 6) is 2.00. The van der Waals surface area contributed by atoms with Gasteiger partial charge in [0.05, 0.1) is 0 Å². The topological polar surface area (TPSA) is 62.3 Å². The van der Waals surface area contributed by atoms with Crippen LogP contribution in [0.1, 0.15) is 38.2 Å². The number of hydrogen-bond acceptors (Lipinski definition) is 5. The molecule has 0 unspecified atom stereocenters. The van der Waals surface area contributed by atoms with Crippen LogP contribution >= 0.6 is 35.4 Å².